The molecule has 4 rings (SSSR count). The number of allylic oxidation sites excluding steroid dienone is 1. The van der Waals surface area contributed by atoms with Gasteiger partial charge in [0.15, 0.2) is 11.5 Å². The highest BCUT2D eigenvalue weighted by atomic mass is 16.7. The van der Waals surface area contributed by atoms with Gasteiger partial charge in [-0.1, -0.05) is 17.7 Å². The Morgan fingerprint density at radius 2 is 1.97 bits per heavy atom. The van der Waals surface area contributed by atoms with Crippen LogP contribution in [-0.4, -0.2) is 61.3 Å². The average Bonchev–Trinajstić information content (AvgIpc) is 3.22. The van der Waals surface area contributed by atoms with E-state index in [0.717, 1.165) is 57.2 Å². The van der Waals surface area contributed by atoms with Crippen LogP contribution in [0.15, 0.2) is 29.8 Å². The Kier molecular flexibility index (Phi) is 6.72. The van der Waals surface area contributed by atoms with E-state index < -0.39 is 0 Å². The second-order valence-corrected chi connectivity index (χ2v) is 8.32. The van der Waals surface area contributed by atoms with Gasteiger partial charge in [0.25, 0.3) is 0 Å². The molecule has 0 spiro atoms. The van der Waals surface area contributed by atoms with Crippen molar-refractivity contribution in [2.24, 2.45) is 0 Å². The molecule has 6 heteroatoms. The molecule has 1 aromatic rings. The minimum absolute atomic E-state index is 0.0666. The van der Waals surface area contributed by atoms with Gasteiger partial charge in [-0.3, -0.25) is 14.6 Å². The maximum atomic E-state index is 12.6. The topological polar surface area (TPSA) is 54.0 Å². The predicted octanol–water partition coefficient (Wildman–Crippen LogP) is 2.93. The lowest BCUT2D eigenvalue weighted by atomic mass is 9.97. The Morgan fingerprint density at radius 3 is 2.76 bits per heavy atom. The van der Waals surface area contributed by atoms with Crippen molar-refractivity contribution >= 4 is 5.91 Å². The first-order chi connectivity index (χ1) is 14.2. The van der Waals surface area contributed by atoms with E-state index in [2.05, 4.69) is 33.3 Å². The van der Waals surface area contributed by atoms with E-state index in [0.29, 0.717) is 6.79 Å². The third-order valence-electron chi connectivity index (χ3n) is 6.31. The lowest BCUT2D eigenvalue weighted by Gasteiger charge is -2.37. The normalized spacial score (nSPS) is 20.9. The van der Waals surface area contributed by atoms with Crippen molar-refractivity contribution in [3.63, 3.8) is 0 Å². The molecule has 0 unspecified atom stereocenters. The van der Waals surface area contributed by atoms with E-state index in [1.807, 2.05) is 13.0 Å². The van der Waals surface area contributed by atoms with E-state index in [-0.39, 0.29) is 11.9 Å². The van der Waals surface area contributed by atoms with Crippen molar-refractivity contribution in [2.75, 3.05) is 39.5 Å². The van der Waals surface area contributed by atoms with Gasteiger partial charge in [0.2, 0.25) is 12.7 Å². The summed E-state index contributed by atoms with van der Waals surface area (Å²) in [5.41, 5.74) is 2.76. The Bertz CT molecular complexity index is 741. The van der Waals surface area contributed by atoms with Crippen molar-refractivity contribution in [3.8, 4) is 11.5 Å². The number of ether oxygens (including phenoxy) is 2. The van der Waals surface area contributed by atoms with Crippen LogP contribution < -0.4 is 14.8 Å². The minimum Gasteiger partial charge on any atom is -0.454 e. The van der Waals surface area contributed by atoms with E-state index in [4.69, 9.17) is 9.47 Å². The Labute approximate surface area is 173 Å². The van der Waals surface area contributed by atoms with Crippen LogP contribution in [-0.2, 0) is 11.3 Å². The van der Waals surface area contributed by atoms with Gasteiger partial charge in [0, 0.05) is 39.3 Å². The van der Waals surface area contributed by atoms with Gasteiger partial charge >= 0.3 is 0 Å². The zero-order chi connectivity index (χ0) is 20.1. The summed E-state index contributed by atoms with van der Waals surface area (Å²) in [4.78, 5) is 17.3. The van der Waals surface area contributed by atoms with Crippen LogP contribution >= 0.6 is 0 Å². The molecule has 1 fully saturated rings. The summed E-state index contributed by atoms with van der Waals surface area (Å²) in [5.74, 6) is 1.83. The Hall–Kier alpha value is -2.05. The third kappa shape index (κ3) is 5.31. The van der Waals surface area contributed by atoms with Gasteiger partial charge in [-0.2, -0.15) is 0 Å². The van der Waals surface area contributed by atoms with Crippen molar-refractivity contribution < 1.29 is 14.3 Å². The maximum absolute atomic E-state index is 12.6. The van der Waals surface area contributed by atoms with Crippen LogP contribution in [0.4, 0.5) is 0 Å². The van der Waals surface area contributed by atoms with E-state index in [1.165, 1.54) is 36.8 Å². The minimum atomic E-state index is -0.0666. The lowest BCUT2D eigenvalue weighted by molar-refractivity contribution is -0.126. The summed E-state index contributed by atoms with van der Waals surface area (Å²) < 4.78 is 10.9. The second-order valence-electron chi connectivity index (χ2n) is 8.32. The van der Waals surface area contributed by atoms with Crippen molar-refractivity contribution in [3.05, 3.63) is 35.4 Å². The Morgan fingerprint density at radius 1 is 1.14 bits per heavy atom. The van der Waals surface area contributed by atoms with Gasteiger partial charge in [0.1, 0.15) is 0 Å². The zero-order valence-electron chi connectivity index (χ0n) is 17.5. The van der Waals surface area contributed by atoms with Crippen LogP contribution in [0.25, 0.3) is 0 Å². The number of hydrogen-bond donors (Lipinski definition) is 1. The van der Waals surface area contributed by atoms with Gasteiger partial charge in [-0.15, -0.1) is 0 Å². The molecule has 1 N–H and O–H groups in total. The molecule has 0 aromatic heterocycles. The molecule has 6 nitrogen and oxygen atoms in total. The first-order valence-electron chi connectivity index (χ1n) is 11.0. The highest BCUT2D eigenvalue weighted by Gasteiger charge is 2.25. The monoisotopic (exact) mass is 399 g/mol. The molecule has 1 atom stereocenters. The number of nitrogens with zero attached hydrogens (tertiary/aromatic N) is 2. The number of fused-ring (bicyclic) bond motifs is 1. The number of hydrogen-bond acceptors (Lipinski definition) is 5. The molecule has 3 aliphatic rings. The number of carbonyl (C=O) groups is 1. The molecular weight excluding hydrogens is 366 g/mol. The summed E-state index contributed by atoms with van der Waals surface area (Å²) in [6.07, 6.45) is 8.38. The summed E-state index contributed by atoms with van der Waals surface area (Å²) in [6.45, 7) is 7.80. The van der Waals surface area contributed by atoms with E-state index in [9.17, 15) is 4.79 Å². The lowest BCUT2D eigenvalue weighted by Crippen LogP contribution is -2.53. The van der Waals surface area contributed by atoms with Crippen molar-refractivity contribution in [1.82, 2.24) is 15.1 Å². The fourth-order valence-electron chi connectivity index (χ4n) is 4.40. The molecule has 0 saturated carbocycles. The maximum Gasteiger partial charge on any atom is 0.237 e. The fraction of sp³-hybridized carbons (Fsp3) is 0.609. The Balaban J connectivity index is 1.18. The molecule has 158 valence electrons. The molecule has 1 amide bonds. The summed E-state index contributed by atoms with van der Waals surface area (Å²) >= 11 is 0. The van der Waals surface area contributed by atoms with E-state index in [1.54, 1.807) is 0 Å². The standard InChI is InChI=1S/C23H33N3O3/c1-18(23(27)24-10-9-19-5-3-2-4-6-19)26-13-11-25(12-14-26)16-20-7-8-21-22(15-20)29-17-28-21/h5,7-8,15,18H,2-4,6,9-14,16-17H2,1H3,(H,24,27)/t18-/m0/s1. The fourth-order valence-corrected chi connectivity index (χ4v) is 4.40. The zero-order valence-corrected chi connectivity index (χ0v) is 17.5. The number of amides is 1. The first-order valence-corrected chi connectivity index (χ1v) is 11.0. The molecule has 2 heterocycles. The van der Waals surface area contributed by atoms with E-state index >= 15 is 0 Å². The second kappa shape index (κ2) is 9.63. The summed E-state index contributed by atoms with van der Waals surface area (Å²) in [6, 6.07) is 6.11. The smallest absolute Gasteiger partial charge is 0.237 e. The molecule has 1 aliphatic carbocycles. The molecule has 2 aliphatic heterocycles. The largest absolute Gasteiger partial charge is 0.454 e. The van der Waals surface area contributed by atoms with Crippen LogP contribution in [0.3, 0.4) is 0 Å². The van der Waals surface area contributed by atoms with Crippen LogP contribution in [0.1, 0.15) is 44.6 Å². The molecular formula is C23H33N3O3. The van der Waals surface area contributed by atoms with Crippen molar-refractivity contribution in [2.45, 2.75) is 51.6 Å². The highest BCUT2D eigenvalue weighted by Crippen LogP contribution is 2.32. The van der Waals surface area contributed by atoms with Crippen molar-refractivity contribution in [1.29, 1.82) is 0 Å². The number of benzene rings is 1. The summed E-state index contributed by atoms with van der Waals surface area (Å²) in [5, 5.41) is 3.14. The van der Waals surface area contributed by atoms with Gasteiger partial charge in [0.05, 0.1) is 6.04 Å². The van der Waals surface area contributed by atoms with Gasteiger partial charge in [-0.05, 0) is 56.7 Å². The van der Waals surface area contributed by atoms with Gasteiger partial charge in [-0.25, -0.2) is 0 Å². The first kappa shape index (κ1) is 20.2. The number of piperazine rings is 1. The molecule has 0 bridgehead atoms. The highest BCUT2D eigenvalue weighted by molar-refractivity contribution is 5.81. The molecule has 0 radical (unpaired) electrons. The number of carbonyl (C=O) groups excluding carboxylic acids is 1. The van der Waals surface area contributed by atoms with Gasteiger partial charge < -0.3 is 14.8 Å². The predicted molar refractivity (Wildman–Crippen MR) is 113 cm³/mol. The number of rotatable bonds is 7. The molecule has 1 aromatic carbocycles. The SMILES string of the molecule is C[C@@H](C(=O)NCCC1=CCCCC1)N1CCN(Cc2ccc3c(c2)OCO3)CC1. The van der Waals surface area contributed by atoms with Crippen LogP contribution in [0, 0.1) is 0 Å². The average molecular weight is 400 g/mol. The number of nitrogens with one attached hydrogen (secondary N) is 1. The van der Waals surface area contributed by atoms with Crippen LogP contribution in [0.2, 0.25) is 0 Å². The molecule has 1 saturated heterocycles. The summed E-state index contributed by atoms with van der Waals surface area (Å²) in [7, 11) is 0. The molecule has 29 heavy (non-hydrogen) atoms. The third-order valence-corrected chi connectivity index (χ3v) is 6.31. The van der Waals surface area contributed by atoms with Crippen LogP contribution in [0.5, 0.6) is 11.5 Å². The quantitative estimate of drug-likeness (QED) is 0.715.